The first kappa shape index (κ1) is 18.7. The number of benzene rings is 1. The third-order valence-electron chi connectivity index (χ3n) is 4.95. The Bertz CT molecular complexity index is 1040. The molecule has 4 rings (SSSR count). The molecule has 2 amide bonds. The summed E-state index contributed by atoms with van der Waals surface area (Å²) in [5.74, 6) is 0.439. The number of carbonyl (C=O) groups is 2. The molecule has 0 atom stereocenters. The quantitative estimate of drug-likeness (QED) is 0.735. The van der Waals surface area contributed by atoms with Gasteiger partial charge in [0.15, 0.2) is 12.2 Å². The molecular weight excluding hydrogens is 372 g/mol. The number of nitrogens with zero attached hydrogens (tertiary/aromatic N) is 3. The molecule has 148 valence electrons. The monoisotopic (exact) mass is 392 g/mol. The summed E-state index contributed by atoms with van der Waals surface area (Å²) in [7, 11) is 0. The van der Waals surface area contributed by atoms with Crippen LogP contribution in [0.25, 0.3) is 11.3 Å². The van der Waals surface area contributed by atoms with Gasteiger partial charge in [0.2, 0.25) is 5.56 Å². The number of pyridine rings is 1. The highest BCUT2D eigenvalue weighted by Crippen LogP contribution is 2.20. The molecule has 1 aliphatic heterocycles. The molecule has 0 radical (unpaired) electrons. The number of hydrogen-bond donors (Lipinski definition) is 1. The van der Waals surface area contributed by atoms with Gasteiger partial charge in [-0.3, -0.25) is 14.4 Å². The van der Waals surface area contributed by atoms with E-state index >= 15 is 0 Å². The third kappa shape index (κ3) is 4.11. The van der Waals surface area contributed by atoms with Crippen LogP contribution in [-0.4, -0.2) is 57.8 Å². The van der Waals surface area contributed by atoms with Gasteiger partial charge in [0.05, 0.1) is 11.8 Å². The second-order valence-electron chi connectivity index (χ2n) is 6.82. The van der Waals surface area contributed by atoms with Crippen molar-refractivity contribution in [1.29, 1.82) is 0 Å². The molecule has 1 N–H and O–H groups in total. The van der Waals surface area contributed by atoms with Gasteiger partial charge in [-0.1, -0.05) is 12.1 Å². The van der Waals surface area contributed by atoms with Crippen LogP contribution in [-0.2, 0) is 0 Å². The van der Waals surface area contributed by atoms with E-state index in [1.165, 1.54) is 24.7 Å². The molecular formula is C21H20N4O4. The van der Waals surface area contributed by atoms with E-state index in [1.54, 1.807) is 28.1 Å². The maximum absolute atomic E-state index is 12.9. The van der Waals surface area contributed by atoms with E-state index in [1.807, 2.05) is 12.1 Å². The van der Waals surface area contributed by atoms with Gasteiger partial charge >= 0.3 is 0 Å². The van der Waals surface area contributed by atoms with Crippen LogP contribution >= 0.6 is 0 Å². The maximum atomic E-state index is 12.9. The van der Waals surface area contributed by atoms with E-state index in [2.05, 4.69) is 9.97 Å². The van der Waals surface area contributed by atoms with Crippen LogP contribution in [0, 0.1) is 0 Å². The lowest BCUT2D eigenvalue weighted by molar-refractivity contribution is 0.0718. The van der Waals surface area contributed by atoms with Crippen LogP contribution in [0.15, 0.2) is 64.4 Å². The number of oxazole rings is 1. The van der Waals surface area contributed by atoms with Crippen molar-refractivity contribution in [1.82, 2.24) is 19.8 Å². The summed E-state index contributed by atoms with van der Waals surface area (Å²) in [5, 5.41) is 0. The van der Waals surface area contributed by atoms with Gasteiger partial charge in [0.25, 0.3) is 11.8 Å². The first-order valence-electron chi connectivity index (χ1n) is 9.38. The van der Waals surface area contributed by atoms with Gasteiger partial charge in [0, 0.05) is 49.6 Å². The molecule has 0 spiro atoms. The zero-order valence-electron chi connectivity index (χ0n) is 15.7. The summed E-state index contributed by atoms with van der Waals surface area (Å²) < 4.78 is 5.27. The average Bonchev–Trinajstić information content (AvgIpc) is 3.18. The summed E-state index contributed by atoms with van der Waals surface area (Å²) >= 11 is 0. The molecule has 0 aliphatic carbocycles. The number of carbonyl (C=O) groups excluding carboxylic acids is 2. The van der Waals surface area contributed by atoms with Gasteiger partial charge in [-0.25, -0.2) is 4.98 Å². The topological polar surface area (TPSA) is 99.5 Å². The van der Waals surface area contributed by atoms with Crippen molar-refractivity contribution < 1.29 is 14.0 Å². The van der Waals surface area contributed by atoms with Crippen molar-refractivity contribution in [3.63, 3.8) is 0 Å². The fraction of sp³-hybridized carbons (Fsp3) is 0.238. The second-order valence-corrected chi connectivity index (χ2v) is 6.82. The van der Waals surface area contributed by atoms with E-state index in [0.717, 1.165) is 5.56 Å². The number of rotatable bonds is 3. The molecule has 3 heterocycles. The molecule has 2 aromatic heterocycles. The Morgan fingerprint density at radius 2 is 1.55 bits per heavy atom. The zero-order valence-corrected chi connectivity index (χ0v) is 15.7. The minimum atomic E-state index is -0.247. The number of nitrogens with one attached hydrogen (secondary N) is 1. The molecule has 1 fully saturated rings. The minimum absolute atomic E-state index is 0.0625. The van der Waals surface area contributed by atoms with Crippen molar-refractivity contribution >= 4 is 11.8 Å². The van der Waals surface area contributed by atoms with E-state index in [-0.39, 0.29) is 17.4 Å². The predicted octanol–water partition coefficient (Wildman–Crippen LogP) is 2.02. The van der Waals surface area contributed by atoms with Crippen LogP contribution < -0.4 is 5.56 Å². The maximum Gasteiger partial charge on any atom is 0.255 e. The molecule has 1 saturated heterocycles. The molecule has 3 aromatic rings. The Balaban J connectivity index is 1.41. The Morgan fingerprint density at radius 3 is 2.14 bits per heavy atom. The molecule has 8 heteroatoms. The average molecular weight is 392 g/mol. The van der Waals surface area contributed by atoms with Crippen molar-refractivity contribution in [2.75, 3.05) is 26.2 Å². The van der Waals surface area contributed by atoms with Gasteiger partial charge in [0.1, 0.15) is 0 Å². The highest BCUT2D eigenvalue weighted by molar-refractivity contribution is 5.95. The Hall–Kier alpha value is -3.68. The van der Waals surface area contributed by atoms with E-state index in [4.69, 9.17) is 4.42 Å². The number of hydrogen-bond acceptors (Lipinski definition) is 5. The van der Waals surface area contributed by atoms with E-state index in [9.17, 15) is 14.4 Å². The Kier molecular flexibility index (Phi) is 5.24. The van der Waals surface area contributed by atoms with Crippen molar-refractivity contribution in [2.24, 2.45) is 0 Å². The SMILES string of the molecule is O=C(c1ccc(-c2cnco2)cc1)N1CCCN(C(=O)c2ccc(=O)[nH]c2)CC1. The summed E-state index contributed by atoms with van der Waals surface area (Å²) in [5.41, 5.74) is 1.64. The first-order valence-corrected chi connectivity index (χ1v) is 9.38. The summed E-state index contributed by atoms with van der Waals surface area (Å²) in [6.07, 6.45) is 5.11. The second kappa shape index (κ2) is 8.14. The van der Waals surface area contributed by atoms with Gasteiger partial charge < -0.3 is 19.2 Å². The first-order chi connectivity index (χ1) is 14.1. The lowest BCUT2D eigenvalue weighted by Crippen LogP contribution is -2.37. The minimum Gasteiger partial charge on any atom is -0.444 e. The van der Waals surface area contributed by atoms with E-state index < -0.39 is 0 Å². The fourth-order valence-corrected chi connectivity index (χ4v) is 3.37. The molecule has 1 aromatic carbocycles. The van der Waals surface area contributed by atoms with Crippen LogP contribution in [0.3, 0.4) is 0 Å². The van der Waals surface area contributed by atoms with Gasteiger partial charge in [-0.2, -0.15) is 0 Å². The largest absolute Gasteiger partial charge is 0.444 e. The Morgan fingerprint density at radius 1 is 0.897 bits per heavy atom. The predicted molar refractivity (Wildman–Crippen MR) is 105 cm³/mol. The summed E-state index contributed by atoms with van der Waals surface area (Å²) in [4.78, 5) is 46.6. The standard InChI is InChI=1S/C21H20N4O4/c26-19-7-6-17(12-23-19)21(28)25-9-1-8-24(10-11-25)20(27)16-4-2-15(3-5-16)18-13-22-14-29-18/h2-7,12-14H,1,8-11H2,(H,23,26). The highest BCUT2D eigenvalue weighted by atomic mass is 16.3. The number of amides is 2. The molecule has 1 aliphatic rings. The molecule has 8 nitrogen and oxygen atoms in total. The van der Waals surface area contributed by atoms with Crippen LogP contribution in [0.4, 0.5) is 0 Å². The molecule has 0 bridgehead atoms. The van der Waals surface area contributed by atoms with Crippen molar-refractivity contribution in [2.45, 2.75) is 6.42 Å². The van der Waals surface area contributed by atoms with E-state index in [0.29, 0.717) is 49.5 Å². The van der Waals surface area contributed by atoms with Crippen LogP contribution in [0.2, 0.25) is 0 Å². The lowest BCUT2D eigenvalue weighted by Gasteiger charge is -2.22. The zero-order chi connectivity index (χ0) is 20.2. The van der Waals surface area contributed by atoms with Crippen molar-refractivity contribution in [3.05, 3.63) is 76.7 Å². The number of aromatic nitrogens is 2. The normalized spacial score (nSPS) is 14.5. The van der Waals surface area contributed by atoms with Crippen LogP contribution in [0.5, 0.6) is 0 Å². The fourth-order valence-electron chi connectivity index (χ4n) is 3.37. The van der Waals surface area contributed by atoms with Gasteiger partial charge in [-0.05, 0) is 24.6 Å². The highest BCUT2D eigenvalue weighted by Gasteiger charge is 2.23. The number of H-pyrrole nitrogens is 1. The molecule has 29 heavy (non-hydrogen) atoms. The molecule has 0 unspecified atom stereocenters. The summed E-state index contributed by atoms with van der Waals surface area (Å²) in [6, 6.07) is 10.1. The molecule has 0 saturated carbocycles. The van der Waals surface area contributed by atoms with Gasteiger partial charge in [-0.15, -0.1) is 0 Å². The lowest BCUT2D eigenvalue weighted by atomic mass is 10.1. The number of aromatic amines is 1. The third-order valence-corrected chi connectivity index (χ3v) is 4.95. The van der Waals surface area contributed by atoms with Crippen molar-refractivity contribution in [3.8, 4) is 11.3 Å². The smallest absolute Gasteiger partial charge is 0.255 e. The Labute approximate surface area is 166 Å². The van der Waals surface area contributed by atoms with Crippen LogP contribution in [0.1, 0.15) is 27.1 Å². The summed E-state index contributed by atoms with van der Waals surface area (Å²) in [6.45, 7) is 2.04.